The van der Waals surface area contributed by atoms with E-state index in [2.05, 4.69) is 9.97 Å². The quantitative estimate of drug-likeness (QED) is 0.535. The highest BCUT2D eigenvalue weighted by Crippen LogP contribution is 1.99. The summed E-state index contributed by atoms with van der Waals surface area (Å²) in [7, 11) is 0. The molecule has 0 aliphatic rings. The fraction of sp³-hybridized carbons (Fsp3) is 0.167. The fourth-order valence-electron chi connectivity index (χ4n) is 0.754. The first kappa shape index (κ1) is 7.46. The van der Waals surface area contributed by atoms with Crippen LogP contribution < -0.4 is 11.3 Å². The number of nitrogens with two attached hydrogens (primary N) is 1. The van der Waals surface area contributed by atoms with Gasteiger partial charge in [-0.3, -0.25) is 9.59 Å². The van der Waals surface area contributed by atoms with Crippen molar-refractivity contribution in [2.75, 3.05) is 5.73 Å². The summed E-state index contributed by atoms with van der Waals surface area (Å²) in [6.45, 7) is 1.27. The molecule has 0 aliphatic carbocycles. The first-order chi connectivity index (χ1) is 5.13. The Bertz CT molecular complexity index is 342. The predicted octanol–water partition coefficient (Wildman–Crippen LogP) is -0.445. The number of H-pyrrole nitrogens is 1. The van der Waals surface area contributed by atoms with Crippen molar-refractivity contribution in [1.29, 1.82) is 0 Å². The molecule has 5 heteroatoms. The minimum Gasteiger partial charge on any atom is -0.383 e. The molecule has 0 saturated heterocycles. The third-order valence-electron chi connectivity index (χ3n) is 1.23. The zero-order chi connectivity index (χ0) is 8.43. The number of hydrogen-bond acceptors (Lipinski definition) is 4. The average molecular weight is 153 g/mol. The van der Waals surface area contributed by atoms with E-state index in [9.17, 15) is 9.59 Å². The summed E-state index contributed by atoms with van der Waals surface area (Å²) < 4.78 is 0. The lowest BCUT2D eigenvalue weighted by Gasteiger charge is -1.95. The van der Waals surface area contributed by atoms with Gasteiger partial charge in [0.25, 0.3) is 5.56 Å². The zero-order valence-corrected chi connectivity index (χ0v) is 5.92. The van der Waals surface area contributed by atoms with E-state index >= 15 is 0 Å². The summed E-state index contributed by atoms with van der Waals surface area (Å²) in [6, 6.07) is 0. The predicted molar refractivity (Wildman–Crippen MR) is 39.3 cm³/mol. The van der Waals surface area contributed by atoms with Crippen LogP contribution in [0.15, 0.2) is 11.1 Å². The first-order valence-electron chi connectivity index (χ1n) is 2.97. The van der Waals surface area contributed by atoms with E-state index in [0.717, 1.165) is 6.33 Å². The molecule has 1 aromatic rings. The molecule has 0 aliphatic heterocycles. The molecule has 1 aromatic heterocycles. The SMILES string of the molecule is CC(=O)c1c(N)nc[nH]c1=O. The minimum absolute atomic E-state index is 0.0266. The van der Waals surface area contributed by atoms with Gasteiger partial charge in [-0.05, 0) is 6.92 Å². The molecular weight excluding hydrogens is 146 g/mol. The van der Waals surface area contributed by atoms with Crippen LogP contribution >= 0.6 is 0 Å². The van der Waals surface area contributed by atoms with Crippen molar-refractivity contribution in [2.45, 2.75) is 6.92 Å². The average Bonchev–Trinajstić information content (AvgIpc) is 1.85. The molecule has 3 N–H and O–H groups in total. The first-order valence-corrected chi connectivity index (χ1v) is 2.97. The van der Waals surface area contributed by atoms with E-state index in [4.69, 9.17) is 5.73 Å². The van der Waals surface area contributed by atoms with Crippen molar-refractivity contribution in [3.8, 4) is 0 Å². The maximum absolute atomic E-state index is 10.9. The molecule has 0 aromatic carbocycles. The van der Waals surface area contributed by atoms with E-state index in [0.29, 0.717) is 0 Å². The number of aromatic amines is 1. The number of nitrogens with zero attached hydrogens (tertiary/aromatic N) is 1. The van der Waals surface area contributed by atoms with Crippen molar-refractivity contribution in [2.24, 2.45) is 0 Å². The number of hydrogen-bond donors (Lipinski definition) is 2. The Morgan fingerprint density at radius 3 is 2.73 bits per heavy atom. The van der Waals surface area contributed by atoms with Gasteiger partial charge in [0, 0.05) is 0 Å². The van der Waals surface area contributed by atoms with Gasteiger partial charge in [-0.1, -0.05) is 0 Å². The van der Waals surface area contributed by atoms with Crippen LogP contribution in [-0.4, -0.2) is 15.8 Å². The normalized spacial score (nSPS) is 9.55. The monoisotopic (exact) mass is 153 g/mol. The summed E-state index contributed by atoms with van der Waals surface area (Å²) in [6.07, 6.45) is 1.16. The van der Waals surface area contributed by atoms with Crippen molar-refractivity contribution in [1.82, 2.24) is 9.97 Å². The number of anilines is 1. The Morgan fingerprint density at radius 2 is 2.36 bits per heavy atom. The van der Waals surface area contributed by atoms with Gasteiger partial charge in [-0.15, -0.1) is 0 Å². The van der Waals surface area contributed by atoms with Gasteiger partial charge in [0.05, 0.1) is 6.33 Å². The van der Waals surface area contributed by atoms with Gasteiger partial charge in [-0.2, -0.15) is 0 Å². The van der Waals surface area contributed by atoms with Gasteiger partial charge in [0.2, 0.25) is 0 Å². The number of rotatable bonds is 1. The second-order valence-corrected chi connectivity index (χ2v) is 2.05. The lowest BCUT2D eigenvalue weighted by Crippen LogP contribution is -2.19. The summed E-state index contributed by atoms with van der Waals surface area (Å²) in [5.74, 6) is -0.405. The molecule has 0 atom stereocenters. The highest BCUT2D eigenvalue weighted by Gasteiger charge is 2.09. The van der Waals surface area contributed by atoms with Crippen molar-refractivity contribution in [3.05, 3.63) is 22.2 Å². The second kappa shape index (κ2) is 2.53. The number of ketones is 1. The Morgan fingerprint density at radius 1 is 1.73 bits per heavy atom. The van der Waals surface area contributed by atoms with Crippen LogP contribution in [0.2, 0.25) is 0 Å². The molecule has 11 heavy (non-hydrogen) atoms. The molecule has 0 saturated carbocycles. The molecule has 58 valence electrons. The molecule has 0 radical (unpaired) electrons. The van der Waals surface area contributed by atoms with E-state index in [-0.39, 0.29) is 17.2 Å². The molecule has 0 bridgehead atoms. The van der Waals surface area contributed by atoms with Gasteiger partial charge in [-0.25, -0.2) is 4.98 Å². The molecule has 0 amide bonds. The third kappa shape index (κ3) is 1.26. The standard InChI is InChI=1S/C6H7N3O2/c1-3(10)4-5(7)8-2-9-6(4)11/h2H,1H3,(H3,7,8,9,11). The maximum atomic E-state index is 10.9. The highest BCUT2D eigenvalue weighted by molar-refractivity contribution is 5.97. The van der Waals surface area contributed by atoms with Crippen LogP contribution in [0.1, 0.15) is 17.3 Å². The zero-order valence-electron chi connectivity index (χ0n) is 5.92. The minimum atomic E-state index is -0.495. The number of aromatic nitrogens is 2. The molecule has 0 fully saturated rings. The molecular formula is C6H7N3O2. The Kier molecular flexibility index (Phi) is 1.72. The van der Waals surface area contributed by atoms with Crippen LogP contribution in [0.3, 0.4) is 0 Å². The fourth-order valence-corrected chi connectivity index (χ4v) is 0.754. The van der Waals surface area contributed by atoms with E-state index in [1.54, 1.807) is 0 Å². The van der Waals surface area contributed by atoms with Crippen LogP contribution in [0.25, 0.3) is 0 Å². The van der Waals surface area contributed by atoms with E-state index in [1.165, 1.54) is 6.92 Å². The van der Waals surface area contributed by atoms with E-state index < -0.39 is 5.56 Å². The Labute approximate surface area is 62.3 Å². The van der Waals surface area contributed by atoms with Crippen LogP contribution in [-0.2, 0) is 0 Å². The van der Waals surface area contributed by atoms with Gasteiger partial charge < -0.3 is 10.7 Å². The Balaban J connectivity index is 3.45. The largest absolute Gasteiger partial charge is 0.383 e. The highest BCUT2D eigenvalue weighted by atomic mass is 16.1. The lowest BCUT2D eigenvalue weighted by atomic mass is 10.2. The van der Waals surface area contributed by atoms with Crippen LogP contribution in [0, 0.1) is 0 Å². The number of nitrogen functional groups attached to an aromatic ring is 1. The van der Waals surface area contributed by atoms with Gasteiger partial charge >= 0.3 is 0 Å². The smallest absolute Gasteiger partial charge is 0.263 e. The van der Waals surface area contributed by atoms with Crippen molar-refractivity contribution >= 4 is 11.6 Å². The third-order valence-corrected chi connectivity index (χ3v) is 1.23. The number of carbonyl (C=O) groups excluding carboxylic acids is 1. The summed E-state index contributed by atoms with van der Waals surface area (Å²) in [5, 5.41) is 0. The van der Waals surface area contributed by atoms with E-state index in [1.807, 2.05) is 0 Å². The van der Waals surface area contributed by atoms with Crippen LogP contribution in [0.4, 0.5) is 5.82 Å². The van der Waals surface area contributed by atoms with Crippen molar-refractivity contribution in [3.63, 3.8) is 0 Å². The molecule has 1 rings (SSSR count). The topological polar surface area (TPSA) is 88.8 Å². The van der Waals surface area contributed by atoms with Gasteiger partial charge in [0.15, 0.2) is 5.78 Å². The molecule has 0 spiro atoms. The maximum Gasteiger partial charge on any atom is 0.263 e. The summed E-state index contributed by atoms with van der Waals surface area (Å²) >= 11 is 0. The number of carbonyl (C=O) groups is 1. The summed E-state index contributed by atoms with van der Waals surface area (Å²) in [5.41, 5.74) is 4.70. The Hall–Kier alpha value is -1.65. The van der Waals surface area contributed by atoms with Crippen LogP contribution in [0.5, 0.6) is 0 Å². The number of nitrogens with one attached hydrogen (secondary N) is 1. The molecule has 1 heterocycles. The van der Waals surface area contributed by atoms with Crippen molar-refractivity contribution < 1.29 is 4.79 Å². The molecule has 0 unspecified atom stereocenters. The lowest BCUT2D eigenvalue weighted by molar-refractivity contribution is 0.101. The second-order valence-electron chi connectivity index (χ2n) is 2.05. The summed E-state index contributed by atoms with van der Waals surface area (Å²) in [4.78, 5) is 27.4. The van der Waals surface area contributed by atoms with Gasteiger partial charge in [0.1, 0.15) is 11.4 Å². The number of Topliss-reactive ketones (excluding diaryl/α,β-unsaturated/α-hetero) is 1. The molecule has 5 nitrogen and oxygen atoms in total.